The molecule has 182 valence electrons. The number of rotatable bonds is 2. The van der Waals surface area contributed by atoms with E-state index in [0.29, 0.717) is 29.8 Å². The Balaban J connectivity index is 0.000000208. The van der Waals surface area contributed by atoms with Crippen LogP contribution in [0, 0.1) is 20.2 Å². The molecule has 34 heavy (non-hydrogen) atoms. The summed E-state index contributed by atoms with van der Waals surface area (Å²) in [4.78, 5) is 31.8. The average molecular weight is 531 g/mol. The number of nitrogens with zero attached hydrogens (tertiary/aromatic N) is 3. The number of hydrogen-bond acceptors (Lipinski definition) is 8. The predicted molar refractivity (Wildman–Crippen MR) is 128 cm³/mol. The van der Waals surface area contributed by atoms with E-state index in [1.54, 1.807) is 12.1 Å². The molecule has 1 heterocycles. The Morgan fingerprint density at radius 2 is 1.41 bits per heavy atom. The Kier molecular flexibility index (Phi) is 10.4. The van der Waals surface area contributed by atoms with Crippen molar-refractivity contribution < 1.29 is 24.1 Å². The topological polar surface area (TPSA) is 165 Å². The van der Waals surface area contributed by atoms with Crippen LogP contribution in [0.1, 0.15) is 46.3 Å². The first-order valence-corrected chi connectivity index (χ1v) is 12.7. The van der Waals surface area contributed by atoms with Crippen LogP contribution in [0.2, 0.25) is 0 Å². The zero-order valence-corrected chi connectivity index (χ0v) is 19.9. The summed E-state index contributed by atoms with van der Waals surface area (Å²) in [6.45, 7) is 0.626. The second kappa shape index (κ2) is 13.0. The first kappa shape index (κ1) is 27.2. The van der Waals surface area contributed by atoms with Crippen LogP contribution in [0.5, 0.6) is 0 Å². The first-order valence-electron chi connectivity index (χ1n) is 9.92. The normalized spacial score (nSPS) is 15.4. The zero-order chi connectivity index (χ0) is 25.3. The van der Waals surface area contributed by atoms with E-state index in [4.69, 9.17) is 9.42 Å². The van der Waals surface area contributed by atoms with Gasteiger partial charge in [-0.15, -0.1) is 0 Å². The smallest absolute Gasteiger partial charge is 0.270 e. The van der Waals surface area contributed by atoms with Gasteiger partial charge >= 0.3 is 0 Å². The number of carbonyl (C=O) groups excluding carboxylic acids is 1. The highest BCUT2D eigenvalue weighted by molar-refractivity contribution is 8.26. The fourth-order valence-electron chi connectivity index (χ4n) is 3.53. The van der Waals surface area contributed by atoms with Gasteiger partial charge in [-0.1, -0.05) is 17.3 Å². The highest BCUT2D eigenvalue weighted by atomic mass is 36.0. The molecule has 0 atom stereocenters. The van der Waals surface area contributed by atoms with Gasteiger partial charge in [-0.25, -0.2) is 4.21 Å². The SMILES string of the molecule is O=C1NCCCc2ccc([N+](=O)[O-])cc21.O=S(Cl)Cl.O=[N+]([O-])c1ccc2c(c1)/C(=N/O)CCC2. The molecule has 0 bridgehead atoms. The van der Waals surface area contributed by atoms with E-state index in [0.717, 1.165) is 36.8 Å². The summed E-state index contributed by atoms with van der Waals surface area (Å²) < 4.78 is 9.09. The van der Waals surface area contributed by atoms with Gasteiger partial charge in [0.25, 0.3) is 17.3 Å². The van der Waals surface area contributed by atoms with E-state index in [2.05, 4.69) is 31.8 Å². The molecule has 0 unspecified atom stereocenters. The van der Waals surface area contributed by atoms with Crippen molar-refractivity contribution in [2.45, 2.75) is 32.1 Å². The van der Waals surface area contributed by atoms with E-state index in [1.807, 2.05) is 0 Å². The summed E-state index contributed by atoms with van der Waals surface area (Å²) in [5, 5.41) is 35.8. The van der Waals surface area contributed by atoms with Gasteiger partial charge < -0.3 is 10.5 Å². The van der Waals surface area contributed by atoms with E-state index in [-0.39, 0.29) is 17.3 Å². The molecule has 0 aromatic heterocycles. The number of fused-ring (bicyclic) bond motifs is 2. The second-order valence-electron chi connectivity index (χ2n) is 7.14. The fraction of sp³-hybridized carbons (Fsp3) is 0.300. The van der Waals surface area contributed by atoms with E-state index in [1.165, 1.54) is 24.3 Å². The first-order chi connectivity index (χ1) is 16.1. The molecular weight excluding hydrogens is 511 g/mol. The molecule has 0 spiro atoms. The van der Waals surface area contributed by atoms with Gasteiger partial charge in [0.2, 0.25) is 9.23 Å². The van der Waals surface area contributed by atoms with Crippen LogP contribution in [0.15, 0.2) is 41.6 Å². The summed E-state index contributed by atoms with van der Waals surface area (Å²) >= 11 is 0. The quantitative estimate of drug-likeness (QED) is 0.250. The van der Waals surface area contributed by atoms with Crippen LogP contribution in [-0.2, 0) is 22.1 Å². The Morgan fingerprint density at radius 1 is 0.912 bits per heavy atom. The molecule has 2 aromatic rings. The van der Waals surface area contributed by atoms with E-state index in [9.17, 15) is 25.0 Å². The summed E-state index contributed by atoms with van der Waals surface area (Å²) in [7, 11) is 7.36. The highest BCUT2D eigenvalue weighted by Crippen LogP contribution is 2.25. The third-order valence-electron chi connectivity index (χ3n) is 5.05. The molecule has 1 aliphatic heterocycles. The Hall–Kier alpha value is -3.09. The summed E-state index contributed by atoms with van der Waals surface area (Å²) in [5.41, 5.74) is 3.58. The Labute approximate surface area is 205 Å². The van der Waals surface area contributed by atoms with Crippen molar-refractivity contribution in [3.05, 3.63) is 78.9 Å². The molecule has 11 nitrogen and oxygen atoms in total. The number of nitro groups is 2. The monoisotopic (exact) mass is 530 g/mol. The molecule has 14 heteroatoms. The van der Waals surface area contributed by atoms with Gasteiger partial charge in [0.15, 0.2) is 0 Å². The highest BCUT2D eigenvalue weighted by Gasteiger charge is 2.20. The maximum atomic E-state index is 11.5. The maximum Gasteiger partial charge on any atom is 0.270 e. The van der Waals surface area contributed by atoms with Crippen molar-refractivity contribution in [3.63, 3.8) is 0 Å². The minimum absolute atomic E-state index is 0.0363. The second-order valence-corrected chi connectivity index (χ2v) is 9.67. The number of amides is 1. The minimum atomic E-state index is -1.67. The van der Waals surface area contributed by atoms with Crippen molar-refractivity contribution in [1.29, 1.82) is 0 Å². The molecule has 1 amide bonds. The van der Waals surface area contributed by atoms with Crippen LogP contribution in [0.25, 0.3) is 0 Å². The van der Waals surface area contributed by atoms with Gasteiger partial charge in [-0.3, -0.25) is 25.0 Å². The van der Waals surface area contributed by atoms with Gasteiger partial charge in [-0.05, 0) is 43.2 Å². The van der Waals surface area contributed by atoms with Crippen LogP contribution in [-0.4, -0.2) is 37.4 Å². The lowest BCUT2D eigenvalue weighted by molar-refractivity contribution is -0.385. The summed E-state index contributed by atoms with van der Waals surface area (Å²) in [6, 6.07) is 9.15. The summed E-state index contributed by atoms with van der Waals surface area (Å²) in [6.07, 6.45) is 4.13. The average Bonchev–Trinajstić information content (AvgIpc) is 2.99. The standard InChI is InChI=1S/2C10H10N2O3.Cl2OS/c13-10-9-6-8(12(14)15)4-3-7(9)2-1-5-11-10;13-11-10-3-1-2-7-4-5-8(12(14)15)6-9(7)10;1-4(2)3/h3-4,6H,1-2,5H2,(H,11,13);4-6,13H,1-3H2;/b;11-10+;. The Bertz CT molecular complexity index is 1140. The van der Waals surface area contributed by atoms with Crippen molar-refractivity contribution >= 4 is 53.6 Å². The van der Waals surface area contributed by atoms with Crippen LogP contribution >= 0.6 is 21.4 Å². The summed E-state index contributed by atoms with van der Waals surface area (Å²) in [5.74, 6) is -0.216. The minimum Gasteiger partial charge on any atom is -0.411 e. The maximum absolute atomic E-state index is 11.5. The fourth-order valence-corrected chi connectivity index (χ4v) is 3.53. The number of benzene rings is 2. The van der Waals surface area contributed by atoms with Crippen LogP contribution in [0.3, 0.4) is 0 Å². The molecule has 2 aromatic carbocycles. The molecule has 2 aliphatic rings. The molecule has 4 rings (SSSR count). The van der Waals surface area contributed by atoms with Gasteiger partial charge in [0.05, 0.1) is 15.6 Å². The van der Waals surface area contributed by atoms with Crippen LogP contribution in [0.4, 0.5) is 11.4 Å². The number of non-ortho nitro benzene ring substituents is 2. The van der Waals surface area contributed by atoms with Crippen molar-refractivity contribution in [2.75, 3.05) is 6.54 Å². The van der Waals surface area contributed by atoms with E-state index < -0.39 is 19.1 Å². The molecule has 0 saturated heterocycles. The molecular formula is C20H20Cl2N4O7S. The molecule has 0 saturated carbocycles. The van der Waals surface area contributed by atoms with Crippen LogP contribution < -0.4 is 5.32 Å². The van der Waals surface area contributed by atoms with Gasteiger partial charge in [0, 0.05) is 63.3 Å². The third-order valence-corrected chi connectivity index (χ3v) is 5.05. The largest absolute Gasteiger partial charge is 0.411 e. The van der Waals surface area contributed by atoms with Crippen molar-refractivity contribution in [2.24, 2.45) is 5.16 Å². The number of halogens is 2. The lowest BCUT2D eigenvalue weighted by atomic mass is 9.90. The predicted octanol–water partition coefficient (Wildman–Crippen LogP) is 4.42. The number of aryl methyl sites for hydroxylation is 2. The molecule has 2 N–H and O–H groups in total. The number of carbonyl (C=O) groups is 1. The number of oxime groups is 1. The molecule has 0 fully saturated rings. The van der Waals surface area contributed by atoms with Gasteiger partial charge in [0.1, 0.15) is 0 Å². The lowest BCUT2D eigenvalue weighted by Gasteiger charge is -2.15. The number of nitrogens with one attached hydrogen (secondary N) is 1. The van der Waals surface area contributed by atoms with Crippen molar-refractivity contribution in [1.82, 2.24) is 5.32 Å². The molecule has 0 radical (unpaired) electrons. The number of hydrogen-bond donors (Lipinski definition) is 2. The third kappa shape index (κ3) is 7.75. The molecule has 1 aliphatic carbocycles. The Morgan fingerprint density at radius 3 is 1.94 bits per heavy atom. The van der Waals surface area contributed by atoms with Crippen molar-refractivity contribution in [3.8, 4) is 0 Å². The van der Waals surface area contributed by atoms with Gasteiger partial charge in [-0.2, -0.15) is 0 Å². The van der Waals surface area contributed by atoms with E-state index >= 15 is 0 Å². The lowest BCUT2D eigenvalue weighted by Crippen LogP contribution is -2.22. The number of nitro benzene ring substituents is 2. The zero-order valence-electron chi connectivity index (χ0n) is 17.6.